The molecule has 0 bridgehead atoms. The molecule has 2 aliphatic rings. The molecule has 0 N–H and O–H groups in total. The summed E-state index contributed by atoms with van der Waals surface area (Å²) in [6.45, 7) is 0.498. The summed E-state index contributed by atoms with van der Waals surface area (Å²) in [5.41, 5.74) is 2.95. The Morgan fingerprint density at radius 3 is 3.00 bits per heavy atom. The maximum absolute atomic E-state index is 5.62. The lowest BCUT2D eigenvalue weighted by molar-refractivity contribution is 0.186. The molecule has 0 fully saturated rings. The molecule has 17 heavy (non-hydrogen) atoms. The van der Waals surface area contributed by atoms with Gasteiger partial charge in [0.25, 0.3) is 0 Å². The van der Waals surface area contributed by atoms with Crippen LogP contribution in [0.4, 0.5) is 0 Å². The van der Waals surface area contributed by atoms with Crippen molar-refractivity contribution in [3.8, 4) is 5.75 Å². The average Bonchev–Trinajstić information content (AvgIpc) is 2.86. The Morgan fingerprint density at radius 1 is 1.06 bits per heavy atom. The van der Waals surface area contributed by atoms with E-state index in [0.29, 0.717) is 6.61 Å². The van der Waals surface area contributed by atoms with Crippen molar-refractivity contribution in [2.24, 2.45) is 5.16 Å². The van der Waals surface area contributed by atoms with Crippen LogP contribution in [0, 0.1) is 0 Å². The van der Waals surface area contributed by atoms with E-state index in [4.69, 9.17) is 9.57 Å². The highest BCUT2D eigenvalue weighted by Crippen LogP contribution is 2.35. The summed E-state index contributed by atoms with van der Waals surface area (Å²) in [6.07, 6.45) is 1.73. The van der Waals surface area contributed by atoms with Gasteiger partial charge < -0.3 is 9.57 Å². The van der Waals surface area contributed by atoms with Crippen molar-refractivity contribution in [3.63, 3.8) is 0 Å². The largest absolute Gasteiger partial charge is 0.464 e. The van der Waals surface area contributed by atoms with E-state index in [1.807, 2.05) is 18.2 Å². The summed E-state index contributed by atoms with van der Waals surface area (Å²) in [4.78, 5) is 5.14. The SMILES string of the molecule is C1=C2CON=C2c2c(ccc3ccccc23)O1. The van der Waals surface area contributed by atoms with E-state index in [-0.39, 0.29) is 0 Å². The first-order valence-electron chi connectivity index (χ1n) is 5.51. The summed E-state index contributed by atoms with van der Waals surface area (Å²) < 4.78 is 5.62. The normalized spacial score (nSPS) is 16.5. The molecule has 4 rings (SSSR count). The number of ether oxygens (including phenoxy) is 1. The molecule has 0 atom stereocenters. The van der Waals surface area contributed by atoms with Gasteiger partial charge in [-0.2, -0.15) is 0 Å². The monoisotopic (exact) mass is 223 g/mol. The fourth-order valence-electron chi connectivity index (χ4n) is 2.32. The van der Waals surface area contributed by atoms with Crippen LogP contribution in [0.3, 0.4) is 0 Å². The Hall–Kier alpha value is -2.29. The third kappa shape index (κ3) is 1.13. The molecule has 3 heteroatoms. The number of hydrogen-bond donors (Lipinski definition) is 0. The molecule has 2 heterocycles. The molecule has 2 aromatic carbocycles. The van der Waals surface area contributed by atoms with Crippen LogP contribution in [0.15, 0.2) is 53.4 Å². The first kappa shape index (κ1) is 8.82. The highest BCUT2D eigenvalue weighted by molar-refractivity contribution is 6.22. The lowest BCUT2D eigenvalue weighted by atomic mass is 9.95. The minimum atomic E-state index is 0.498. The van der Waals surface area contributed by atoms with Gasteiger partial charge in [0.15, 0.2) is 0 Å². The van der Waals surface area contributed by atoms with E-state index in [1.54, 1.807) is 6.26 Å². The summed E-state index contributed by atoms with van der Waals surface area (Å²) in [7, 11) is 0. The van der Waals surface area contributed by atoms with Crippen molar-refractivity contribution in [3.05, 3.63) is 53.8 Å². The lowest BCUT2D eigenvalue weighted by Crippen LogP contribution is -2.11. The van der Waals surface area contributed by atoms with Gasteiger partial charge in [0.1, 0.15) is 24.3 Å². The van der Waals surface area contributed by atoms with Crippen molar-refractivity contribution in [1.82, 2.24) is 0 Å². The van der Waals surface area contributed by atoms with Gasteiger partial charge in [0.2, 0.25) is 0 Å². The lowest BCUT2D eigenvalue weighted by Gasteiger charge is -2.16. The zero-order valence-electron chi connectivity index (χ0n) is 9.01. The summed E-state index contributed by atoms with van der Waals surface area (Å²) >= 11 is 0. The van der Waals surface area contributed by atoms with Gasteiger partial charge in [0, 0.05) is 0 Å². The highest BCUT2D eigenvalue weighted by atomic mass is 16.6. The molecule has 0 saturated carbocycles. The van der Waals surface area contributed by atoms with Gasteiger partial charge in [-0.25, -0.2) is 0 Å². The number of oxime groups is 1. The zero-order valence-corrected chi connectivity index (χ0v) is 9.01. The van der Waals surface area contributed by atoms with Crippen LogP contribution in [0.1, 0.15) is 5.56 Å². The quantitative estimate of drug-likeness (QED) is 0.687. The molecule has 82 valence electrons. The van der Waals surface area contributed by atoms with Gasteiger partial charge in [-0.15, -0.1) is 0 Å². The van der Waals surface area contributed by atoms with Gasteiger partial charge >= 0.3 is 0 Å². The molecule has 2 aromatic rings. The highest BCUT2D eigenvalue weighted by Gasteiger charge is 2.27. The second-order valence-corrected chi connectivity index (χ2v) is 4.13. The molecule has 0 radical (unpaired) electrons. The number of fused-ring (bicyclic) bond motifs is 5. The predicted octanol–water partition coefficient (Wildman–Crippen LogP) is 2.85. The van der Waals surface area contributed by atoms with Crippen LogP contribution >= 0.6 is 0 Å². The smallest absolute Gasteiger partial charge is 0.147 e. The van der Waals surface area contributed by atoms with Crippen LogP contribution < -0.4 is 4.74 Å². The van der Waals surface area contributed by atoms with Crippen LogP contribution in [-0.4, -0.2) is 12.3 Å². The Bertz CT molecular complexity index is 686. The number of rotatable bonds is 0. The van der Waals surface area contributed by atoms with Crippen LogP contribution in [0.5, 0.6) is 5.75 Å². The maximum Gasteiger partial charge on any atom is 0.147 e. The van der Waals surface area contributed by atoms with Crippen molar-refractivity contribution in [2.75, 3.05) is 6.61 Å². The molecule has 0 saturated heterocycles. The van der Waals surface area contributed by atoms with Gasteiger partial charge in [0.05, 0.1) is 11.1 Å². The third-order valence-electron chi connectivity index (χ3n) is 3.14. The minimum absolute atomic E-state index is 0.498. The van der Waals surface area contributed by atoms with Crippen molar-refractivity contribution in [2.45, 2.75) is 0 Å². The molecule has 3 nitrogen and oxygen atoms in total. The Labute approximate surface area is 97.9 Å². The van der Waals surface area contributed by atoms with E-state index >= 15 is 0 Å². The molecule has 0 aromatic heterocycles. The summed E-state index contributed by atoms with van der Waals surface area (Å²) in [6, 6.07) is 12.3. The number of benzene rings is 2. The average molecular weight is 223 g/mol. The fourth-order valence-corrected chi connectivity index (χ4v) is 2.32. The molecular formula is C14H9NO2. The van der Waals surface area contributed by atoms with Gasteiger partial charge in [-0.05, 0) is 16.8 Å². The molecular weight excluding hydrogens is 214 g/mol. The number of nitrogens with zero attached hydrogens (tertiary/aromatic N) is 1. The van der Waals surface area contributed by atoms with E-state index in [1.165, 1.54) is 5.39 Å². The van der Waals surface area contributed by atoms with E-state index in [0.717, 1.165) is 28.0 Å². The second kappa shape index (κ2) is 3.10. The molecule has 0 amide bonds. The molecule has 0 aliphatic carbocycles. The number of hydrogen-bond acceptors (Lipinski definition) is 3. The minimum Gasteiger partial charge on any atom is -0.464 e. The first-order chi connectivity index (χ1) is 8.43. The Morgan fingerprint density at radius 2 is 2.00 bits per heavy atom. The van der Waals surface area contributed by atoms with Crippen molar-refractivity contribution < 1.29 is 9.57 Å². The van der Waals surface area contributed by atoms with Crippen LogP contribution in [0.2, 0.25) is 0 Å². The Kier molecular flexibility index (Phi) is 1.61. The molecule has 2 aliphatic heterocycles. The fraction of sp³-hybridized carbons (Fsp3) is 0.0714. The van der Waals surface area contributed by atoms with E-state index in [2.05, 4.69) is 23.4 Å². The predicted molar refractivity (Wildman–Crippen MR) is 65.1 cm³/mol. The van der Waals surface area contributed by atoms with Crippen LogP contribution in [0.25, 0.3) is 10.8 Å². The van der Waals surface area contributed by atoms with Crippen LogP contribution in [-0.2, 0) is 4.84 Å². The zero-order chi connectivity index (χ0) is 11.2. The summed E-state index contributed by atoms with van der Waals surface area (Å²) in [5, 5.41) is 6.46. The topological polar surface area (TPSA) is 30.8 Å². The Balaban J connectivity index is 2.11. The van der Waals surface area contributed by atoms with E-state index < -0.39 is 0 Å². The van der Waals surface area contributed by atoms with Gasteiger partial charge in [-0.1, -0.05) is 35.5 Å². The molecule has 0 spiro atoms. The third-order valence-corrected chi connectivity index (χ3v) is 3.14. The second-order valence-electron chi connectivity index (χ2n) is 4.13. The van der Waals surface area contributed by atoms with Crippen molar-refractivity contribution >= 4 is 16.5 Å². The van der Waals surface area contributed by atoms with Gasteiger partial charge in [-0.3, -0.25) is 0 Å². The van der Waals surface area contributed by atoms with E-state index in [9.17, 15) is 0 Å². The van der Waals surface area contributed by atoms with Crippen molar-refractivity contribution in [1.29, 1.82) is 0 Å². The summed E-state index contributed by atoms with van der Waals surface area (Å²) in [5.74, 6) is 0.844. The molecule has 0 unspecified atom stereocenters. The first-order valence-corrected chi connectivity index (χ1v) is 5.51. The maximum atomic E-state index is 5.62. The standard InChI is InChI=1S/C14H9NO2/c1-2-4-11-9(3-1)5-6-12-13(11)14-10(7-16-12)8-17-15-14/h1-7H,8H2.